The Kier molecular flexibility index (Phi) is 5.65. The van der Waals surface area contributed by atoms with E-state index in [-0.39, 0.29) is 24.5 Å². The van der Waals surface area contributed by atoms with Crippen LogP contribution in [0.5, 0.6) is 0 Å². The maximum Gasteiger partial charge on any atom is 0.318 e. The van der Waals surface area contributed by atoms with E-state index in [4.69, 9.17) is 4.42 Å². The van der Waals surface area contributed by atoms with Gasteiger partial charge in [-0.2, -0.15) is 0 Å². The third-order valence-corrected chi connectivity index (χ3v) is 4.60. The van der Waals surface area contributed by atoms with Gasteiger partial charge in [0.1, 0.15) is 0 Å². The molecule has 26 heavy (non-hydrogen) atoms. The third-order valence-electron chi connectivity index (χ3n) is 4.60. The first-order valence-electron chi connectivity index (χ1n) is 9.01. The Morgan fingerprint density at radius 2 is 1.73 bits per heavy atom. The van der Waals surface area contributed by atoms with Crippen LogP contribution < -0.4 is 4.90 Å². The van der Waals surface area contributed by atoms with Crippen LogP contribution in [-0.2, 0) is 11.2 Å². The third kappa shape index (κ3) is 4.28. The molecule has 0 bridgehead atoms. The van der Waals surface area contributed by atoms with Gasteiger partial charge in [-0.3, -0.25) is 9.59 Å². The van der Waals surface area contributed by atoms with Crippen molar-refractivity contribution < 1.29 is 14.0 Å². The summed E-state index contributed by atoms with van der Waals surface area (Å²) in [6, 6.07) is 7.97. The number of nitrogens with zero attached hydrogens (tertiary/aromatic N) is 4. The van der Waals surface area contributed by atoms with Crippen molar-refractivity contribution in [1.29, 1.82) is 0 Å². The summed E-state index contributed by atoms with van der Waals surface area (Å²) < 4.78 is 5.56. The summed E-state index contributed by atoms with van der Waals surface area (Å²) in [5.74, 6) is 0.646. The van der Waals surface area contributed by atoms with Crippen molar-refractivity contribution in [3.63, 3.8) is 0 Å². The summed E-state index contributed by atoms with van der Waals surface area (Å²) in [6.07, 6.45) is 1.19. The molecule has 3 rings (SSSR count). The van der Waals surface area contributed by atoms with E-state index < -0.39 is 0 Å². The lowest BCUT2D eigenvalue weighted by Gasteiger charge is -2.33. The molecule has 0 spiro atoms. The van der Waals surface area contributed by atoms with E-state index in [9.17, 15) is 9.59 Å². The predicted molar refractivity (Wildman–Crippen MR) is 97.2 cm³/mol. The molecule has 0 radical (unpaired) electrons. The van der Waals surface area contributed by atoms with Crippen molar-refractivity contribution in [3.8, 4) is 0 Å². The lowest BCUT2D eigenvalue weighted by atomic mass is 10.0. The lowest BCUT2D eigenvalue weighted by Crippen LogP contribution is -2.49. The summed E-state index contributed by atoms with van der Waals surface area (Å²) in [7, 11) is 0. The van der Waals surface area contributed by atoms with Gasteiger partial charge in [-0.25, -0.2) is 0 Å². The van der Waals surface area contributed by atoms with Crippen LogP contribution >= 0.6 is 0 Å². The number of hydrogen-bond donors (Lipinski definition) is 0. The Bertz CT molecular complexity index is 761. The van der Waals surface area contributed by atoms with E-state index in [2.05, 4.69) is 10.2 Å². The summed E-state index contributed by atoms with van der Waals surface area (Å²) in [5, 5.41) is 8.01. The second-order valence-electron chi connectivity index (χ2n) is 6.49. The molecule has 1 aliphatic rings. The largest absolute Gasteiger partial charge is 0.408 e. The van der Waals surface area contributed by atoms with E-state index in [1.54, 1.807) is 4.90 Å². The molecule has 7 nitrogen and oxygen atoms in total. The van der Waals surface area contributed by atoms with Crippen molar-refractivity contribution in [2.75, 3.05) is 31.1 Å². The predicted octanol–water partition coefficient (Wildman–Crippen LogP) is 2.25. The summed E-state index contributed by atoms with van der Waals surface area (Å²) >= 11 is 0. The molecular weight excluding hydrogens is 332 g/mol. The SMILES string of the molecule is CCc1nnc(N2CCN(C(=O)CCC(=O)c3ccc(C)cc3)CC2)o1. The second-order valence-corrected chi connectivity index (χ2v) is 6.49. The molecular formula is C19H24N4O3. The molecule has 138 valence electrons. The molecule has 1 fully saturated rings. The normalized spacial score (nSPS) is 14.5. The summed E-state index contributed by atoms with van der Waals surface area (Å²) in [4.78, 5) is 28.4. The number of rotatable bonds is 6. The molecule has 1 aromatic heterocycles. The van der Waals surface area contributed by atoms with Crippen LogP contribution in [0.25, 0.3) is 0 Å². The number of Topliss-reactive ketones (excluding diaryl/α,β-unsaturated/α-hetero) is 1. The van der Waals surface area contributed by atoms with Gasteiger partial charge in [0.25, 0.3) is 0 Å². The fourth-order valence-electron chi connectivity index (χ4n) is 2.92. The molecule has 0 N–H and O–H groups in total. The highest BCUT2D eigenvalue weighted by atomic mass is 16.4. The fourth-order valence-corrected chi connectivity index (χ4v) is 2.92. The van der Waals surface area contributed by atoms with Crippen molar-refractivity contribution in [3.05, 3.63) is 41.3 Å². The van der Waals surface area contributed by atoms with E-state index in [1.807, 2.05) is 43.0 Å². The monoisotopic (exact) mass is 356 g/mol. The molecule has 1 aliphatic heterocycles. The number of anilines is 1. The first-order chi connectivity index (χ1) is 12.6. The van der Waals surface area contributed by atoms with Gasteiger partial charge in [-0.1, -0.05) is 41.9 Å². The number of aromatic nitrogens is 2. The van der Waals surface area contributed by atoms with E-state index in [1.165, 1.54) is 0 Å². The first kappa shape index (κ1) is 18.1. The first-order valence-corrected chi connectivity index (χ1v) is 9.01. The van der Waals surface area contributed by atoms with Crippen molar-refractivity contribution >= 4 is 17.7 Å². The lowest BCUT2D eigenvalue weighted by molar-refractivity contribution is -0.131. The molecule has 0 aliphatic carbocycles. The summed E-state index contributed by atoms with van der Waals surface area (Å²) in [6.45, 7) is 6.45. The van der Waals surface area contributed by atoms with Crippen LogP contribution in [0.15, 0.2) is 28.7 Å². The van der Waals surface area contributed by atoms with E-state index >= 15 is 0 Å². The zero-order valence-electron chi connectivity index (χ0n) is 15.3. The van der Waals surface area contributed by atoms with Crippen LogP contribution in [0.2, 0.25) is 0 Å². The van der Waals surface area contributed by atoms with Crippen LogP contribution in [0.4, 0.5) is 6.01 Å². The number of carbonyl (C=O) groups excluding carboxylic acids is 2. The quantitative estimate of drug-likeness (QED) is 0.739. The number of piperazine rings is 1. The van der Waals surface area contributed by atoms with Gasteiger partial charge in [0.15, 0.2) is 5.78 Å². The minimum absolute atomic E-state index is 0.00920. The molecule has 7 heteroatoms. The molecule has 2 heterocycles. The molecule has 2 aromatic rings. The average Bonchev–Trinajstić information content (AvgIpc) is 3.16. The molecule has 0 atom stereocenters. The standard InChI is InChI=1S/C19H24N4O3/c1-3-17-20-21-19(26-17)23-12-10-22(11-13-23)18(25)9-8-16(24)15-6-4-14(2)5-7-15/h4-7H,3,8-13H2,1-2H3. The number of ketones is 1. The van der Waals surface area contributed by atoms with Crippen LogP contribution in [-0.4, -0.2) is 53.0 Å². The zero-order chi connectivity index (χ0) is 18.5. The van der Waals surface area contributed by atoms with Gasteiger partial charge in [0, 0.05) is 51.0 Å². The zero-order valence-corrected chi connectivity index (χ0v) is 15.3. The molecule has 1 aromatic carbocycles. The Labute approximate surface area is 153 Å². The Morgan fingerprint density at radius 3 is 2.35 bits per heavy atom. The number of hydrogen-bond acceptors (Lipinski definition) is 6. The Morgan fingerprint density at radius 1 is 1.04 bits per heavy atom. The number of carbonyl (C=O) groups is 2. The Hall–Kier alpha value is -2.70. The number of benzene rings is 1. The Balaban J connectivity index is 1.46. The highest BCUT2D eigenvalue weighted by Gasteiger charge is 2.24. The van der Waals surface area contributed by atoms with Gasteiger partial charge in [0.05, 0.1) is 0 Å². The van der Waals surface area contributed by atoms with Gasteiger partial charge >= 0.3 is 6.01 Å². The fraction of sp³-hybridized carbons (Fsp3) is 0.474. The molecule has 1 amide bonds. The van der Waals surface area contributed by atoms with E-state index in [0.717, 1.165) is 5.56 Å². The van der Waals surface area contributed by atoms with Crippen molar-refractivity contribution in [2.45, 2.75) is 33.1 Å². The highest BCUT2D eigenvalue weighted by Crippen LogP contribution is 2.16. The average molecular weight is 356 g/mol. The van der Waals surface area contributed by atoms with Gasteiger partial charge in [0.2, 0.25) is 11.8 Å². The number of aryl methyl sites for hydroxylation is 2. The highest BCUT2D eigenvalue weighted by molar-refractivity contribution is 5.98. The van der Waals surface area contributed by atoms with Gasteiger partial charge in [-0.05, 0) is 6.92 Å². The second kappa shape index (κ2) is 8.12. The number of amides is 1. The topological polar surface area (TPSA) is 79.5 Å². The van der Waals surface area contributed by atoms with Crippen LogP contribution in [0.1, 0.15) is 41.6 Å². The van der Waals surface area contributed by atoms with Gasteiger partial charge in [-0.15, -0.1) is 5.10 Å². The van der Waals surface area contributed by atoms with Crippen molar-refractivity contribution in [2.24, 2.45) is 0 Å². The van der Waals surface area contributed by atoms with Crippen molar-refractivity contribution in [1.82, 2.24) is 15.1 Å². The maximum absolute atomic E-state index is 12.4. The van der Waals surface area contributed by atoms with Crippen LogP contribution in [0, 0.1) is 6.92 Å². The minimum Gasteiger partial charge on any atom is -0.408 e. The molecule has 0 saturated carbocycles. The maximum atomic E-state index is 12.4. The van der Waals surface area contributed by atoms with Gasteiger partial charge < -0.3 is 14.2 Å². The smallest absolute Gasteiger partial charge is 0.318 e. The summed E-state index contributed by atoms with van der Waals surface area (Å²) in [5.41, 5.74) is 1.78. The van der Waals surface area contributed by atoms with E-state index in [0.29, 0.717) is 50.1 Å². The minimum atomic E-state index is 0.00920. The van der Waals surface area contributed by atoms with Crippen LogP contribution in [0.3, 0.4) is 0 Å². The molecule has 1 saturated heterocycles. The molecule has 0 unspecified atom stereocenters.